The monoisotopic (exact) mass is 273 g/mol. The first-order valence-corrected chi connectivity index (χ1v) is 7.42. The summed E-state index contributed by atoms with van der Waals surface area (Å²) in [6, 6.07) is 6.54. The van der Waals surface area contributed by atoms with Gasteiger partial charge in [0.25, 0.3) is 0 Å². The first kappa shape index (κ1) is 13.5. The van der Waals surface area contributed by atoms with E-state index in [0.29, 0.717) is 6.04 Å². The van der Waals surface area contributed by atoms with E-state index in [0.717, 1.165) is 31.2 Å². The van der Waals surface area contributed by atoms with Gasteiger partial charge in [0.2, 0.25) is 0 Å². The minimum atomic E-state index is 0.00947. The summed E-state index contributed by atoms with van der Waals surface area (Å²) in [5.74, 6) is 1.89. The van der Waals surface area contributed by atoms with Crippen LogP contribution in [0.5, 0.6) is 11.5 Å². The molecule has 2 atom stereocenters. The summed E-state index contributed by atoms with van der Waals surface area (Å²) in [6.45, 7) is 7.46. The molecule has 0 radical (unpaired) electrons. The summed E-state index contributed by atoms with van der Waals surface area (Å²) in [6.07, 6.45) is 5.82. The van der Waals surface area contributed by atoms with Gasteiger partial charge < -0.3 is 9.47 Å². The quantitative estimate of drug-likeness (QED) is 0.790. The van der Waals surface area contributed by atoms with E-state index in [9.17, 15) is 0 Å². The number of hydrogen-bond donors (Lipinski definition) is 0. The lowest BCUT2D eigenvalue weighted by Gasteiger charge is -2.48. The predicted molar refractivity (Wildman–Crippen MR) is 80.6 cm³/mol. The summed E-state index contributed by atoms with van der Waals surface area (Å²) >= 11 is 0. The Kier molecular flexibility index (Phi) is 3.47. The Morgan fingerprint density at radius 3 is 3.05 bits per heavy atom. The van der Waals surface area contributed by atoms with E-state index in [1.54, 1.807) is 7.11 Å². The second kappa shape index (κ2) is 5.13. The first-order chi connectivity index (χ1) is 9.69. The average molecular weight is 273 g/mol. The standard InChI is InChI=1S/C17H23NO2/c1-4-9-18-10-5-8-17(2)14-11-13(19-3)6-7-15(14)20-12-16(17)18/h5-8,11,16H,4,9-10,12H2,1-3H3/t16-,17-/m0/s1. The van der Waals surface area contributed by atoms with Crippen LogP contribution in [0.15, 0.2) is 30.4 Å². The van der Waals surface area contributed by atoms with Crippen molar-refractivity contribution in [3.63, 3.8) is 0 Å². The van der Waals surface area contributed by atoms with Gasteiger partial charge in [-0.15, -0.1) is 0 Å². The van der Waals surface area contributed by atoms with Gasteiger partial charge in [-0.25, -0.2) is 0 Å². The van der Waals surface area contributed by atoms with Crippen LogP contribution in [0.2, 0.25) is 0 Å². The lowest BCUT2D eigenvalue weighted by Crippen LogP contribution is -2.56. The van der Waals surface area contributed by atoms with Crippen LogP contribution in [-0.2, 0) is 5.41 Å². The van der Waals surface area contributed by atoms with Crippen LogP contribution in [-0.4, -0.2) is 37.7 Å². The van der Waals surface area contributed by atoms with Crippen LogP contribution in [0.25, 0.3) is 0 Å². The Morgan fingerprint density at radius 1 is 1.45 bits per heavy atom. The van der Waals surface area contributed by atoms with Gasteiger partial charge in [-0.3, -0.25) is 4.90 Å². The molecule has 2 aliphatic rings. The highest BCUT2D eigenvalue weighted by Crippen LogP contribution is 2.44. The van der Waals surface area contributed by atoms with E-state index < -0.39 is 0 Å². The number of fused-ring (bicyclic) bond motifs is 3. The molecule has 1 aromatic rings. The molecule has 0 unspecified atom stereocenters. The van der Waals surface area contributed by atoms with Crippen molar-refractivity contribution in [1.29, 1.82) is 0 Å². The zero-order chi connectivity index (χ0) is 14.2. The van der Waals surface area contributed by atoms with Gasteiger partial charge in [-0.1, -0.05) is 26.0 Å². The van der Waals surface area contributed by atoms with Crippen LogP contribution in [0.1, 0.15) is 25.8 Å². The average Bonchev–Trinajstić information content (AvgIpc) is 2.47. The third-order valence-corrected chi connectivity index (χ3v) is 4.61. The molecular weight excluding hydrogens is 250 g/mol. The fourth-order valence-electron chi connectivity index (χ4n) is 3.48. The van der Waals surface area contributed by atoms with Crippen molar-refractivity contribution in [1.82, 2.24) is 4.90 Å². The lowest BCUT2D eigenvalue weighted by molar-refractivity contribution is 0.0758. The normalized spacial score (nSPS) is 28.4. The SMILES string of the molecule is CCCN1CC=C[C@@]2(C)c3cc(OC)ccc3OC[C@H]12. The number of ether oxygens (including phenoxy) is 2. The molecule has 0 fully saturated rings. The Labute approximate surface area is 121 Å². The molecule has 3 heteroatoms. The van der Waals surface area contributed by atoms with Crippen LogP contribution in [0, 0.1) is 0 Å². The molecule has 1 aromatic carbocycles. The van der Waals surface area contributed by atoms with Crippen molar-refractivity contribution in [3.05, 3.63) is 35.9 Å². The number of nitrogens with zero attached hydrogens (tertiary/aromatic N) is 1. The van der Waals surface area contributed by atoms with Crippen molar-refractivity contribution < 1.29 is 9.47 Å². The topological polar surface area (TPSA) is 21.7 Å². The molecule has 0 amide bonds. The van der Waals surface area contributed by atoms with Crippen molar-refractivity contribution in [2.75, 3.05) is 26.8 Å². The van der Waals surface area contributed by atoms with Crippen molar-refractivity contribution in [2.24, 2.45) is 0 Å². The minimum absolute atomic E-state index is 0.00947. The molecule has 3 nitrogen and oxygen atoms in total. The van der Waals surface area contributed by atoms with Gasteiger partial charge in [0.15, 0.2) is 0 Å². The Balaban J connectivity index is 2.04. The van der Waals surface area contributed by atoms with E-state index in [-0.39, 0.29) is 5.41 Å². The molecular formula is C17H23NO2. The fraction of sp³-hybridized carbons (Fsp3) is 0.529. The minimum Gasteiger partial charge on any atom is -0.497 e. The Bertz CT molecular complexity index is 526. The zero-order valence-electron chi connectivity index (χ0n) is 12.6. The molecule has 0 aliphatic carbocycles. The van der Waals surface area contributed by atoms with Gasteiger partial charge >= 0.3 is 0 Å². The van der Waals surface area contributed by atoms with Crippen LogP contribution in [0.4, 0.5) is 0 Å². The van der Waals surface area contributed by atoms with E-state index in [1.807, 2.05) is 12.1 Å². The van der Waals surface area contributed by atoms with Gasteiger partial charge in [0.05, 0.1) is 13.2 Å². The van der Waals surface area contributed by atoms with Gasteiger partial charge in [-0.05, 0) is 31.2 Å². The molecule has 0 aromatic heterocycles. The number of benzene rings is 1. The van der Waals surface area contributed by atoms with Crippen molar-refractivity contribution in [3.8, 4) is 11.5 Å². The molecule has 3 rings (SSSR count). The van der Waals surface area contributed by atoms with Crippen molar-refractivity contribution in [2.45, 2.75) is 31.7 Å². The number of rotatable bonds is 3. The number of hydrogen-bond acceptors (Lipinski definition) is 3. The Hall–Kier alpha value is -1.48. The van der Waals surface area contributed by atoms with Crippen LogP contribution in [0.3, 0.4) is 0 Å². The van der Waals surface area contributed by atoms with Crippen LogP contribution >= 0.6 is 0 Å². The summed E-state index contributed by atoms with van der Waals surface area (Å²) in [4.78, 5) is 2.53. The number of methoxy groups -OCH3 is 1. The second-order valence-corrected chi connectivity index (χ2v) is 5.87. The van der Waals surface area contributed by atoms with Crippen molar-refractivity contribution >= 4 is 0 Å². The van der Waals surface area contributed by atoms with E-state index in [4.69, 9.17) is 9.47 Å². The maximum atomic E-state index is 6.00. The summed E-state index contributed by atoms with van der Waals surface area (Å²) < 4.78 is 11.4. The summed E-state index contributed by atoms with van der Waals surface area (Å²) in [5, 5.41) is 0. The molecule has 0 saturated carbocycles. The van der Waals surface area contributed by atoms with Gasteiger partial charge in [-0.2, -0.15) is 0 Å². The lowest BCUT2D eigenvalue weighted by atomic mass is 9.71. The second-order valence-electron chi connectivity index (χ2n) is 5.87. The molecule has 2 aliphatic heterocycles. The van der Waals surface area contributed by atoms with Gasteiger partial charge in [0, 0.05) is 17.5 Å². The molecule has 0 saturated heterocycles. The fourth-order valence-corrected chi connectivity index (χ4v) is 3.48. The molecule has 108 valence electrons. The van der Waals surface area contributed by atoms with E-state index in [1.165, 1.54) is 12.0 Å². The molecule has 0 spiro atoms. The molecule has 20 heavy (non-hydrogen) atoms. The predicted octanol–water partition coefficient (Wildman–Crippen LogP) is 3.00. The van der Waals surface area contributed by atoms with E-state index in [2.05, 4.69) is 37.0 Å². The highest BCUT2D eigenvalue weighted by molar-refractivity contribution is 5.50. The molecule has 0 bridgehead atoms. The summed E-state index contributed by atoms with van der Waals surface area (Å²) in [7, 11) is 1.71. The third kappa shape index (κ3) is 2.01. The Morgan fingerprint density at radius 2 is 2.30 bits per heavy atom. The van der Waals surface area contributed by atoms with E-state index >= 15 is 0 Å². The maximum Gasteiger partial charge on any atom is 0.123 e. The van der Waals surface area contributed by atoms with Crippen LogP contribution < -0.4 is 9.47 Å². The third-order valence-electron chi connectivity index (χ3n) is 4.61. The highest BCUT2D eigenvalue weighted by Gasteiger charge is 2.44. The molecule has 0 N–H and O–H groups in total. The molecule has 2 heterocycles. The summed E-state index contributed by atoms with van der Waals surface area (Å²) in [5.41, 5.74) is 1.25. The largest absolute Gasteiger partial charge is 0.497 e. The van der Waals surface area contributed by atoms with Gasteiger partial charge in [0.1, 0.15) is 18.1 Å². The highest BCUT2D eigenvalue weighted by atomic mass is 16.5. The maximum absolute atomic E-state index is 6.00. The smallest absolute Gasteiger partial charge is 0.123 e. The first-order valence-electron chi connectivity index (χ1n) is 7.42. The zero-order valence-corrected chi connectivity index (χ0v) is 12.6.